The molecule has 0 aromatic heterocycles. The predicted molar refractivity (Wildman–Crippen MR) is 86.1 cm³/mol. The zero-order valence-electron chi connectivity index (χ0n) is 15.4. The normalized spacial score (nSPS) is 14.9. The van der Waals surface area contributed by atoms with Gasteiger partial charge in [-0.1, -0.05) is 34.6 Å². The molecular weight excluding hydrogens is 268 g/mol. The summed E-state index contributed by atoms with van der Waals surface area (Å²) >= 11 is 0. The van der Waals surface area contributed by atoms with Gasteiger partial charge in [0.1, 0.15) is 0 Å². The second-order valence-corrected chi connectivity index (χ2v) is 8.42. The SMILES string of the molecule is CC(C)(C)C(C)(C)OCCCOC(C)(C)C(C)(C)C(O)O. The van der Waals surface area contributed by atoms with Crippen LogP contribution in [0.25, 0.3) is 0 Å². The largest absolute Gasteiger partial charge is 0.375 e. The maximum atomic E-state index is 9.47. The van der Waals surface area contributed by atoms with Gasteiger partial charge < -0.3 is 19.7 Å². The zero-order valence-corrected chi connectivity index (χ0v) is 15.4. The quantitative estimate of drug-likeness (QED) is 0.533. The Kier molecular flexibility index (Phi) is 6.89. The standard InChI is InChI=1S/C17H36O4/c1-14(2,3)16(6,7)20-11-10-12-21-17(8,9)15(4,5)13(18)19/h13,18-19H,10-12H2,1-9H3. The molecule has 0 unspecified atom stereocenters. The van der Waals surface area contributed by atoms with Crippen molar-refractivity contribution in [1.29, 1.82) is 0 Å². The molecule has 4 heteroatoms. The van der Waals surface area contributed by atoms with Gasteiger partial charge in [-0.15, -0.1) is 0 Å². The first-order valence-electron chi connectivity index (χ1n) is 7.79. The molecule has 0 aromatic rings. The fraction of sp³-hybridized carbons (Fsp3) is 1.00. The van der Waals surface area contributed by atoms with Crippen LogP contribution in [0.5, 0.6) is 0 Å². The van der Waals surface area contributed by atoms with E-state index >= 15 is 0 Å². The van der Waals surface area contributed by atoms with Crippen LogP contribution in [-0.2, 0) is 9.47 Å². The van der Waals surface area contributed by atoms with Gasteiger partial charge in [-0.25, -0.2) is 0 Å². The van der Waals surface area contributed by atoms with Crippen LogP contribution < -0.4 is 0 Å². The lowest BCUT2D eigenvalue weighted by atomic mass is 9.76. The first-order chi connectivity index (χ1) is 9.15. The van der Waals surface area contributed by atoms with Crippen molar-refractivity contribution in [3.05, 3.63) is 0 Å². The molecular formula is C17H36O4. The summed E-state index contributed by atoms with van der Waals surface area (Å²) in [4.78, 5) is 0. The highest BCUT2D eigenvalue weighted by Crippen LogP contribution is 2.36. The number of ether oxygens (including phenoxy) is 2. The van der Waals surface area contributed by atoms with Crippen molar-refractivity contribution in [2.45, 2.75) is 86.2 Å². The number of aliphatic hydroxyl groups is 2. The number of hydrogen-bond acceptors (Lipinski definition) is 4. The molecule has 21 heavy (non-hydrogen) atoms. The third-order valence-electron chi connectivity index (χ3n) is 5.22. The first-order valence-corrected chi connectivity index (χ1v) is 7.79. The van der Waals surface area contributed by atoms with Gasteiger partial charge in [0.15, 0.2) is 6.29 Å². The summed E-state index contributed by atoms with van der Waals surface area (Å²) in [6, 6.07) is 0. The molecule has 0 bridgehead atoms. The van der Waals surface area contributed by atoms with E-state index in [2.05, 4.69) is 34.6 Å². The Morgan fingerprint density at radius 2 is 1.10 bits per heavy atom. The van der Waals surface area contributed by atoms with Crippen LogP contribution in [0, 0.1) is 10.8 Å². The molecule has 0 spiro atoms. The van der Waals surface area contributed by atoms with Crippen LogP contribution in [0.3, 0.4) is 0 Å². The molecule has 0 radical (unpaired) electrons. The minimum absolute atomic E-state index is 0.0795. The minimum atomic E-state index is -1.41. The van der Waals surface area contributed by atoms with Crippen LogP contribution in [0.15, 0.2) is 0 Å². The molecule has 2 N–H and O–H groups in total. The average molecular weight is 304 g/mol. The Morgan fingerprint density at radius 1 is 0.714 bits per heavy atom. The summed E-state index contributed by atoms with van der Waals surface area (Å²) in [6.45, 7) is 19.2. The summed E-state index contributed by atoms with van der Waals surface area (Å²) in [5.41, 5.74) is -1.47. The van der Waals surface area contributed by atoms with E-state index in [1.807, 2.05) is 13.8 Å². The molecule has 0 aliphatic heterocycles. The topological polar surface area (TPSA) is 58.9 Å². The molecule has 0 amide bonds. The Labute approximate surface area is 130 Å². The Balaban J connectivity index is 4.24. The molecule has 0 saturated heterocycles. The highest BCUT2D eigenvalue weighted by molar-refractivity contribution is 4.89. The van der Waals surface area contributed by atoms with Crippen LogP contribution in [0.1, 0.15) is 68.7 Å². The molecule has 0 saturated carbocycles. The van der Waals surface area contributed by atoms with Crippen LogP contribution >= 0.6 is 0 Å². The van der Waals surface area contributed by atoms with Gasteiger partial charge in [-0.3, -0.25) is 0 Å². The van der Waals surface area contributed by atoms with Crippen molar-refractivity contribution < 1.29 is 19.7 Å². The highest BCUT2D eigenvalue weighted by atomic mass is 16.5. The maximum Gasteiger partial charge on any atom is 0.159 e. The molecule has 0 heterocycles. The van der Waals surface area contributed by atoms with E-state index in [9.17, 15) is 10.2 Å². The first kappa shape index (κ1) is 20.8. The van der Waals surface area contributed by atoms with E-state index in [0.29, 0.717) is 13.2 Å². The van der Waals surface area contributed by atoms with Crippen LogP contribution in [0.2, 0.25) is 0 Å². The van der Waals surface area contributed by atoms with Gasteiger partial charge in [0.2, 0.25) is 0 Å². The van der Waals surface area contributed by atoms with Crippen molar-refractivity contribution in [2.24, 2.45) is 10.8 Å². The van der Waals surface area contributed by atoms with Gasteiger partial charge in [-0.05, 0) is 39.5 Å². The summed E-state index contributed by atoms with van der Waals surface area (Å²) in [5, 5.41) is 18.9. The van der Waals surface area contributed by atoms with Crippen molar-refractivity contribution >= 4 is 0 Å². The molecule has 0 fully saturated rings. The molecule has 0 aliphatic rings. The lowest BCUT2D eigenvalue weighted by molar-refractivity contribution is -0.211. The molecule has 0 rings (SSSR count). The lowest BCUT2D eigenvalue weighted by Crippen LogP contribution is -2.49. The average Bonchev–Trinajstić information content (AvgIpc) is 2.26. The van der Waals surface area contributed by atoms with E-state index in [0.717, 1.165) is 6.42 Å². The molecule has 128 valence electrons. The lowest BCUT2D eigenvalue weighted by Gasteiger charge is -2.42. The van der Waals surface area contributed by atoms with Gasteiger partial charge in [-0.2, -0.15) is 0 Å². The Morgan fingerprint density at radius 3 is 1.43 bits per heavy atom. The Hall–Kier alpha value is -0.160. The van der Waals surface area contributed by atoms with Gasteiger partial charge in [0, 0.05) is 18.6 Å². The zero-order chi connectivity index (χ0) is 17.1. The monoisotopic (exact) mass is 304 g/mol. The minimum Gasteiger partial charge on any atom is -0.375 e. The second-order valence-electron chi connectivity index (χ2n) is 8.42. The molecule has 4 nitrogen and oxygen atoms in total. The van der Waals surface area contributed by atoms with E-state index in [1.165, 1.54) is 0 Å². The number of aliphatic hydroxyl groups excluding tert-OH is 1. The summed E-state index contributed by atoms with van der Waals surface area (Å²) in [5.74, 6) is 0. The van der Waals surface area contributed by atoms with E-state index in [4.69, 9.17) is 9.47 Å². The Bertz CT molecular complexity index is 311. The van der Waals surface area contributed by atoms with Gasteiger partial charge >= 0.3 is 0 Å². The molecule has 0 aliphatic carbocycles. The number of rotatable bonds is 8. The second kappa shape index (κ2) is 6.95. The van der Waals surface area contributed by atoms with E-state index in [1.54, 1.807) is 13.8 Å². The van der Waals surface area contributed by atoms with Gasteiger partial charge in [0.25, 0.3) is 0 Å². The maximum absolute atomic E-state index is 9.47. The van der Waals surface area contributed by atoms with E-state index < -0.39 is 17.3 Å². The summed E-state index contributed by atoms with van der Waals surface area (Å²) < 4.78 is 11.8. The van der Waals surface area contributed by atoms with Crippen molar-refractivity contribution in [3.8, 4) is 0 Å². The summed E-state index contributed by atoms with van der Waals surface area (Å²) in [6.07, 6.45) is -0.635. The fourth-order valence-corrected chi connectivity index (χ4v) is 1.43. The predicted octanol–water partition coefficient (Wildman–Crippen LogP) is 3.35. The van der Waals surface area contributed by atoms with Crippen molar-refractivity contribution in [2.75, 3.05) is 13.2 Å². The third-order valence-corrected chi connectivity index (χ3v) is 5.22. The third kappa shape index (κ3) is 5.51. The highest BCUT2D eigenvalue weighted by Gasteiger charge is 2.43. The smallest absolute Gasteiger partial charge is 0.159 e. The molecule has 0 aromatic carbocycles. The van der Waals surface area contributed by atoms with Crippen LogP contribution in [-0.4, -0.2) is 40.9 Å². The van der Waals surface area contributed by atoms with Crippen LogP contribution in [0.4, 0.5) is 0 Å². The number of hydrogen-bond donors (Lipinski definition) is 2. The summed E-state index contributed by atoms with van der Waals surface area (Å²) in [7, 11) is 0. The van der Waals surface area contributed by atoms with Crippen molar-refractivity contribution in [1.82, 2.24) is 0 Å². The van der Waals surface area contributed by atoms with Crippen molar-refractivity contribution in [3.63, 3.8) is 0 Å². The van der Waals surface area contributed by atoms with E-state index in [-0.39, 0.29) is 11.0 Å². The fourth-order valence-electron chi connectivity index (χ4n) is 1.43. The molecule has 0 atom stereocenters. The van der Waals surface area contributed by atoms with Gasteiger partial charge in [0.05, 0.1) is 11.2 Å².